The lowest BCUT2D eigenvalue weighted by Crippen LogP contribution is -2.48. The molecule has 0 N–H and O–H groups in total. The number of nitrogens with zero attached hydrogens (tertiary/aromatic N) is 2. The molecule has 2 aromatic rings. The van der Waals surface area contributed by atoms with Gasteiger partial charge in [-0.25, -0.2) is 4.39 Å². The number of thioether (sulfide) groups is 1. The SMILES string of the molecule is COc1ccc(F)cc1CSCC(=O)N1CCN(Cc2ccsc2)CC1. The fraction of sp³-hybridized carbons (Fsp3) is 0.421. The van der Waals surface area contributed by atoms with Gasteiger partial charge in [0.15, 0.2) is 0 Å². The monoisotopic (exact) mass is 394 g/mol. The molecule has 1 saturated heterocycles. The van der Waals surface area contributed by atoms with Gasteiger partial charge < -0.3 is 9.64 Å². The van der Waals surface area contributed by atoms with Gasteiger partial charge in [0.05, 0.1) is 12.9 Å². The fourth-order valence-corrected chi connectivity index (χ4v) is 4.56. The predicted octanol–water partition coefficient (Wildman–Crippen LogP) is 3.47. The number of halogens is 1. The number of amides is 1. The van der Waals surface area contributed by atoms with Crippen LogP contribution in [0.1, 0.15) is 11.1 Å². The summed E-state index contributed by atoms with van der Waals surface area (Å²) in [6.45, 7) is 4.31. The third-order valence-electron chi connectivity index (χ3n) is 4.44. The van der Waals surface area contributed by atoms with E-state index < -0.39 is 0 Å². The van der Waals surface area contributed by atoms with Crippen molar-refractivity contribution in [3.05, 3.63) is 52.0 Å². The minimum atomic E-state index is -0.283. The van der Waals surface area contributed by atoms with Crippen LogP contribution in [-0.4, -0.2) is 54.7 Å². The highest BCUT2D eigenvalue weighted by molar-refractivity contribution is 7.99. The normalized spacial score (nSPS) is 15.2. The molecule has 0 radical (unpaired) electrons. The van der Waals surface area contributed by atoms with Gasteiger partial charge in [0.1, 0.15) is 11.6 Å². The molecular formula is C19H23FN2O2S2. The van der Waals surface area contributed by atoms with E-state index in [9.17, 15) is 9.18 Å². The van der Waals surface area contributed by atoms with Crippen LogP contribution in [-0.2, 0) is 17.1 Å². The van der Waals surface area contributed by atoms with Crippen LogP contribution >= 0.6 is 23.1 Å². The second kappa shape index (κ2) is 9.39. The van der Waals surface area contributed by atoms with E-state index in [0.29, 0.717) is 17.3 Å². The molecule has 1 amide bonds. The number of carbonyl (C=O) groups is 1. The van der Waals surface area contributed by atoms with E-state index in [-0.39, 0.29) is 11.7 Å². The Morgan fingerprint density at radius 2 is 2.08 bits per heavy atom. The Morgan fingerprint density at radius 1 is 1.27 bits per heavy atom. The molecule has 2 heterocycles. The lowest BCUT2D eigenvalue weighted by molar-refractivity contribution is -0.130. The molecule has 0 spiro atoms. The van der Waals surface area contributed by atoms with Crippen molar-refractivity contribution in [3.8, 4) is 5.75 Å². The molecule has 4 nitrogen and oxygen atoms in total. The van der Waals surface area contributed by atoms with E-state index in [1.807, 2.05) is 4.90 Å². The second-order valence-corrected chi connectivity index (χ2v) is 8.00. The van der Waals surface area contributed by atoms with E-state index in [1.54, 1.807) is 24.5 Å². The summed E-state index contributed by atoms with van der Waals surface area (Å²) < 4.78 is 18.6. The summed E-state index contributed by atoms with van der Waals surface area (Å²) in [5.74, 6) is 1.50. The van der Waals surface area contributed by atoms with Gasteiger partial charge in [0, 0.05) is 44.0 Å². The Kier molecular flexibility index (Phi) is 6.93. The van der Waals surface area contributed by atoms with Gasteiger partial charge in [-0.05, 0) is 40.6 Å². The minimum Gasteiger partial charge on any atom is -0.496 e. The number of hydrogen-bond donors (Lipinski definition) is 0. The van der Waals surface area contributed by atoms with Crippen molar-refractivity contribution >= 4 is 29.0 Å². The quantitative estimate of drug-likeness (QED) is 0.720. The Balaban J connectivity index is 1.41. The van der Waals surface area contributed by atoms with Crippen LogP contribution in [0.25, 0.3) is 0 Å². The molecule has 0 saturated carbocycles. The number of thiophene rings is 1. The average Bonchev–Trinajstić information content (AvgIpc) is 3.15. The topological polar surface area (TPSA) is 32.8 Å². The number of piperazine rings is 1. The van der Waals surface area contributed by atoms with Gasteiger partial charge >= 0.3 is 0 Å². The molecule has 1 aromatic heterocycles. The molecular weight excluding hydrogens is 371 g/mol. The summed E-state index contributed by atoms with van der Waals surface area (Å²) in [7, 11) is 1.57. The molecule has 1 aliphatic heterocycles. The second-order valence-electron chi connectivity index (χ2n) is 6.24. The highest BCUT2D eigenvalue weighted by Crippen LogP contribution is 2.24. The highest BCUT2D eigenvalue weighted by Gasteiger charge is 2.21. The molecule has 1 fully saturated rings. The molecule has 26 heavy (non-hydrogen) atoms. The Bertz CT molecular complexity index is 716. The van der Waals surface area contributed by atoms with Crippen molar-refractivity contribution < 1.29 is 13.9 Å². The van der Waals surface area contributed by atoms with Crippen molar-refractivity contribution in [2.75, 3.05) is 39.0 Å². The number of methoxy groups -OCH3 is 1. The van der Waals surface area contributed by atoms with Crippen molar-refractivity contribution in [2.45, 2.75) is 12.3 Å². The summed E-state index contributed by atoms with van der Waals surface area (Å²) in [5.41, 5.74) is 2.13. The number of ether oxygens (including phenoxy) is 1. The molecule has 140 valence electrons. The van der Waals surface area contributed by atoms with Crippen LogP contribution in [0.4, 0.5) is 4.39 Å². The van der Waals surface area contributed by atoms with Crippen LogP contribution in [0, 0.1) is 5.82 Å². The predicted molar refractivity (Wildman–Crippen MR) is 105 cm³/mol. The van der Waals surface area contributed by atoms with Gasteiger partial charge in [-0.2, -0.15) is 11.3 Å². The van der Waals surface area contributed by atoms with Gasteiger partial charge in [-0.15, -0.1) is 11.8 Å². The molecule has 0 bridgehead atoms. The third-order valence-corrected chi connectivity index (χ3v) is 6.14. The highest BCUT2D eigenvalue weighted by atomic mass is 32.2. The third kappa shape index (κ3) is 5.22. The summed E-state index contributed by atoms with van der Waals surface area (Å²) in [5, 5.41) is 4.27. The molecule has 3 rings (SSSR count). The van der Waals surface area contributed by atoms with Gasteiger partial charge in [-0.1, -0.05) is 0 Å². The maximum Gasteiger partial charge on any atom is 0.232 e. The maximum atomic E-state index is 13.4. The van der Waals surface area contributed by atoms with Crippen LogP contribution in [0.2, 0.25) is 0 Å². The summed E-state index contributed by atoms with van der Waals surface area (Å²) in [6, 6.07) is 6.63. The zero-order chi connectivity index (χ0) is 18.4. The molecule has 0 atom stereocenters. The number of benzene rings is 1. The first kappa shape index (κ1) is 19.2. The molecule has 1 aliphatic rings. The van der Waals surface area contributed by atoms with Crippen LogP contribution in [0.15, 0.2) is 35.0 Å². The molecule has 0 aliphatic carbocycles. The van der Waals surface area contributed by atoms with Crippen LogP contribution < -0.4 is 4.74 Å². The maximum absolute atomic E-state index is 13.4. The van der Waals surface area contributed by atoms with Gasteiger partial charge in [0.25, 0.3) is 0 Å². The van der Waals surface area contributed by atoms with Crippen LogP contribution in [0.3, 0.4) is 0 Å². The number of rotatable bonds is 7. The van der Waals surface area contributed by atoms with Gasteiger partial charge in [-0.3, -0.25) is 9.69 Å². The summed E-state index contributed by atoms with van der Waals surface area (Å²) in [4.78, 5) is 16.7. The summed E-state index contributed by atoms with van der Waals surface area (Å²) in [6.07, 6.45) is 0. The zero-order valence-electron chi connectivity index (χ0n) is 14.8. The van der Waals surface area contributed by atoms with E-state index in [0.717, 1.165) is 38.3 Å². The lowest BCUT2D eigenvalue weighted by atomic mass is 10.2. The molecule has 7 heteroatoms. The Hall–Kier alpha value is -1.57. The molecule has 1 aromatic carbocycles. The van der Waals surface area contributed by atoms with E-state index in [2.05, 4.69) is 21.7 Å². The van der Waals surface area contributed by atoms with Crippen molar-refractivity contribution in [2.24, 2.45) is 0 Å². The van der Waals surface area contributed by atoms with Crippen LogP contribution in [0.5, 0.6) is 5.75 Å². The number of carbonyl (C=O) groups excluding carboxylic acids is 1. The zero-order valence-corrected chi connectivity index (χ0v) is 16.5. The molecule has 0 unspecified atom stereocenters. The fourth-order valence-electron chi connectivity index (χ4n) is 3.00. The summed E-state index contributed by atoms with van der Waals surface area (Å²) >= 11 is 3.22. The standard InChI is InChI=1S/C19H23FN2O2S2/c1-24-18-3-2-17(20)10-16(18)13-26-14-19(23)22-7-5-21(6-8-22)11-15-4-9-25-12-15/h2-4,9-10,12H,5-8,11,13-14H2,1H3. The lowest BCUT2D eigenvalue weighted by Gasteiger charge is -2.34. The van der Waals surface area contributed by atoms with Crippen molar-refractivity contribution in [1.82, 2.24) is 9.80 Å². The first-order chi connectivity index (χ1) is 12.7. The van der Waals surface area contributed by atoms with Gasteiger partial charge in [0.2, 0.25) is 5.91 Å². The average molecular weight is 395 g/mol. The van der Waals surface area contributed by atoms with E-state index in [4.69, 9.17) is 4.74 Å². The van der Waals surface area contributed by atoms with E-state index in [1.165, 1.54) is 29.5 Å². The number of hydrogen-bond acceptors (Lipinski definition) is 5. The Labute approximate surface area is 161 Å². The first-order valence-electron chi connectivity index (χ1n) is 8.57. The smallest absolute Gasteiger partial charge is 0.232 e. The van der Waals surface area contributed by atoms with Crippen molar-refractivity contribution in [3.63, 3.8) is 0 Å². The first-order valence-corrected chi connectivity index (χ1v) is 10.7. The Morgan fingerprint density at radius 3 is 2.77 bits per heavy atom. The minimum absolute atomic E-state index is 0.153. The van der Waals surface area contributed by atoms with Crippen molar-refractivity contribution in [1.29, 1.82) is 0 Å². The largest absolute Gasteiger partial charge is 0.496 e. The van der Waals surface area contributed by atoms with E-state index >= 15 is 0 Å².